The average molecular weight is 231 g/mol. The van der Waals surface area contributed by atoms with Crippen LogP contribution in [0.15, 0.2) is 31.4 Å². The van der Waals surface area contributed by atoms with Gasteiger partial charge in [0, 0.05) is 24.8 Å². The molecule has 0 amide bonds. The summed E-state index contributed by atoms with van der Waals surface area (Å²) in [6.07, 6.45) is 8.35. The van der Waals surface area contributed by atoms with E-state index in [0.717, 1.165) is 24.2 Å². The van der Waals surface area contributed by atoms with E-state index in [4.69, 9.17) is 5.73 Å². The van der Waals surface area contributed by atoms with Crippen LogP contribution in [0, 0.1) is 0 Å². The Kier molecular flexibility index (Phi) is 3.27. The normalized spacial score (nSPS) is 10.6. The Morgan fingerprint density at radius 3 is 3.06 bits per heavy atom. The summed E-state index contributed by atoms with van der Waals surface area (Å²) in [4.78, 5) is 4.31. The van der Waals surface area contributed by atoms with Crippen molar-refractivity contribution >= 4 is 5.82 Å². The SMILES string of the molecule is C=CCn1cnc(-c2cnn(CCC)c2)c1N. The van der Waals surface area contributed by atoms with Crippen molar-refractivity contribution < 1.29 is 0 Å². The van der Waals surface area contributed by atoms with Crippen molar-refractivity contribution in [3.8, 4) is 11.3 Å². The Balaban J connectivity index is 2.29. The lowest BCUT2D eigenvalue weighted by molar-refractivity contribution is 0.603. The largest absolute Gasteiger partial charge is 0.383 e. The molecule has 2 aromatic rings. The first-order valence-electron chi connectivity index (χ1n) is 5.70. The molecular weight excluding hydrogens is 214 g/mol. The summed E-state index contributed by atoms with van der Waals surface area (Å²) in [5.41, 5.74) is 7.76. The molecule has 0 fully saturated rings. The predicted octanol–water partition coefficient (Wildman–Crippen LogP) is 1.92. The second kappa shape index (κ2) is 4.86. The van der Waals surface area contributed by atoms with E-state index in [1.165, 1.54) is 0 Å². The maximum Gasteiger partial charge on any atom is 0.131 e. The number of allylic oxidation sites excluding steroid dienone is 1. The Morgan fingerprint density at radius 2 is 2.35 bits per heavy atom. The van der Waals surface area contributed by atoms with Crippen LogP contribution in [-0.2, 0) is 13.1 Å². The first-order valence-corrected chi connectivity index (χ1v) is 5.70. The van der Waals surface area contributed by atoms with E-state index in [-0.39, 0.29) is 0 Å². The molecular formula is C12H17N5. The second-order valence-electron chi connectivity index (χ2n) is 3.91. The number of imidazole rings is 1. The maximum absolute atomic E-state index is 6.02. The summed E-state index contributed by atoms with van der Waals surface area (Å²) >= 11 is 0. The lowest BCUT2D eigenvalue weighted by atomic mass is 10.2. The molecule has 5 nitrogen and oxygen atoms in total. The molecule has 0 saturated heterocycles. The molecule has 0 aliphatic carbocycles. The highest BCUT2D eigenvalue weighted by Crippen LogP contribution is 2.23. The Morgan fingerprint density at radius 1 is 1.53 bits per heavy atom. The van der Waals surface area contributed by atoms with Gasteiger partial charge in [-0.3, -0.25) is 4.68 Å². The third-order valence-electron chi connectivity index (χ3n) is 2.56. The topological polar surface area (TPSA) is 61.7 Å². The summed E-state index contributed by atoms with van der Waals surface area (Å²) in [5, 5.41) is 4.27. The minimum atomic E-state index is 0.654. The summed E-state index contributed by atoms with van der Waals surface area (Å²) in [6, 6.07) is 0. The summed E-state index contributed by atoms with van der Waals surface area (Å²) in [5.74, 6) is 0.654. The number of rotatable bonds is 5. The van der Waals surface area contributed by atoms with Gasteiger partial charge >= 0.3 is 0 Å². The van der Waals surface area contributed by atoms with Gasteiger partial charge in [0.25, 0.3) is 0 Å². The minimum Gasteiger partial charge on any atom is -0.383 e. The van der Waals surface area contributed by atoms with Gasteiger partial charge in [0.05, 0.1) is 12.5 Å². The minimum absolute atomic E-state index is 0.654. The second-order valence-corrected chi connectivity index (χ2v) is 3.91. The lowest BCUT2D eigenvalue weighted by Crippen LogP contribution is -2.00. The Labute approximate surface area is 101 Å². The van der Waals surface area contributed by atoms with Crippen molar-refractivity contribution in [1.82, 2.24) is 19.3 Å². The van der Waals surface area contributed by atoms with Gasteiger partial charge < -0.3 is 10.3 Å². The van der Waals surface area contributed by atoms with Crippen LogP contribution in [0.1, 0.15) is 13.3 Å². The van der Waals surface area contributed by atoms with Crippen LogP contribution in [0.25, 0.3) is 11.3 Å². The van der Waals surface area contributed by atoms with Crippen LogP contribution < -0.4 is 5.73 Å². The molecule has 2 heterocycles. The number of anilines is 1. The van der Waals surface area contributed by atoms with Crippen molar-refractivity contribution in [3.05, 3.63) is 31.4 Å². The zero-order valence-corrected chi connectivity index (χ0v) is 10.0. The lowest BCUT2D eigenvalue weighted by Gasteiger charge is -2.00. The molecule has 2 N–H and O–H groups in total. The van der Waals surface area contributed by atoms with Gasteiger partial charge in [0.1, 0.15) is 11.5 Å². The van der Waals surface area contributed by atoms with Crippen molar-refractivity contribution in [2.45, 2.75) is 26.4 Å². The molecule has 90 valence electrons. The Hall–Kier alpha value is -2.04. The smallest absolute Gasteiger partial charge is 0.131 e. The number of aromatic nitrogens is 4. The third-order valence-corrected chi connectivity index (χ3v) is 2.56. The zero-order chi connectivity index (χ0) is 12.3. The summed E-state index contributed by atoms with van der Waals surface area (Å²) in [6.45, 7) is 7.39. The van der Waals surface area contributed by atoms with E-state index in [2.05, 4.69) is 23.6 Å². The molecule has 0 bridgehead atoms. The number of hydrogen-bond acceptors (Lipinski definition) is 3. The quantitative estimate of drug-likeness (QED) is 0.800. The first-order chi connectivity index (χ1) is 8.26. The van der Waals surface area contributed by atoms with E-state index >= 15 is 0 Å². The van der Waals surface area contributed by atoms with Crippen LogP contribution in [-0.4, -0.2) is 19.3 Å². The molecule has 2 rings (SSSR count). The van der Waals surface area contributed by atoms with Crippen LogP contribution in [0.3, 0.4) is 0 Å². The van der Waals surface area contributed by atoms with Crippen LogP contribution in [0.2, 0.25) is 0 Å². The van der Waals surface area contributed by atoms with Crippen molar-refractivity contribution in [2.75, 3.05) is 5.73 Å². The molecule has 0 saturated carbocycles. The molecule has 5 heteroatoms. The van der Waals surface area contributed by atoms with E-state index in [0.29, 0.717) is 12.4 Å². The highest BCUT2D eigenvalue weighted by Gasteiger charge is 2.10. The first kappa shape index (κ1) is 11.4. The average Bonchev–Trinajstić information content (AvgIpc) is 2.89. The standard InChI is InChI=1S/C12H17N5/c1-3-5-16-9-14-11(12(16)13)10-7-15-17(8-10)6-4-2/h3,7-9H,1,4-6,13H2,2H3. The Bertz CT molecular complexity index is 509. The monoisotopic (exact) mass is 231 g/mol. The molecule has 0 aliphatic rings. The van der Waals surface area contributed by atoms with Gasteiger partial charge in [-0.1, -0.05) is 13.0 Å². The molecule has 0 atom stereocenters. The van der Waals surface area contributed by atoms with Crippen LogP contribution in [0.4, 0.5) is 5.82 Å². The highest BCUT2D eigenvalue weighted by molar-refractivity contribution is 5.69. The van der Waals surface area contributed by atoms with Crippen LogP contribution >= 0.6 is 0 Å². The number of nitrogens with zero attached hydrogens (tertiary/aromatic N) is 4. The third kappa shape index (κ3) is 2.22. The number of nitrogen functional groups attached to an aromatic ring is 1. The molecule has 0 spiro atoms. The number of hydrogen-bond donors (Lipinski definition) is 1. The van der Waals surface area contributed by atoms with Gasteiger partial charge in [0.2, 0.25) is 0 Å². The van der Waals surface area contributed by atoms with Gasteiger partial charge in [-0.2, -0.15) is 5.10 Å². The van der Waals surface area contributed by atoms with Crippen molar-refractivity contribution in [3.63, 3.8) is 0 Å². The fourth-order valence-electron chi connectivity index (χ4n) is 1.74. The van der Waals surface area contributed by atoms with Gasteiger partial charge in [0.15, 0.2) is 0 Å². The van der Waals surface area contributed by atoms with E-state index in [1.54, 1.807) is 18.6 Å². The van der Waals surface area contributed by atoms with Gasteiger partial charge in [-0.25, -0.2) is 4.98 Å². The van der Waals surface area contributed by atoms with Crippen molar-refractivity contribution in [1.29, 1.82) is 0 Å². The fraction of sp³-hybridized carbons (Fsp3) is 0.333. The molecule has 2 aromatic heterocycles. The molecule has 0 radical (unpaired) electrons. The molecule has 0 aliphatic heterocycles. The summed E-state index contributed by atoms with van der Waals surface area (Å²) in [7, 11) is 0. The molecule has 0 aromatic carbocycles. The highest BCUT2D eigenvalue weighted by atomic mass is 15.3. The molecule has 17 heavy (non-hydrogen) atoms. The zero-order valence-electron chi connectivity index (χ0n) is 10.0. The number of nitrogens with two attached hydrogens (primary N) is 1. The molecule has 0 unspecified atom stereocenters. The van der Waals surface area contributed by atoms with E-state index < -0.39 is 0 Å². The number of aryl methyl sites for hydroxylation is 1. The van der Waals surface area contributed by atoms with Gasteiger partial charge in [-0.15, -0.1) is 6.58 Å². The van der Waals surface area contributed by atoms with Crippen LogP contribution in [0.5, 0.6) is 0 Å². The van der Waals surface area contributed by atoms with Gasteiger partial charge in [-0.05, 0) is 6.42 Å². The van der Waals surface area contributed by atoms with E-state index in [9.17, 15) is 0 Å². The van der Waals surface area contributed by atoms with Crippen molar-refractivity contribution in [2.24, 2.45) is 0 Å². The summed E-state index contributed by atoms with van der Waals surface area (Å²) < 4.78 is 3.76. The van der Waals surface area contributed by atoms with E-state index in [1.807, 2.05) is 15.4 Å². The predicted molar refractivity (Wildman–Crippen MR) is 68.3 cm³/mol. The maximum atomic E-state index is 6.02. The fourth-order valence-corrected chi connectivity index (χ4v) is 1.74.